The second-order valence-electron chi connectivity index (χ2n) is 2.37. The van der Waals surface area contributed by atoms with Crippen molar-refractivity contribution in [2.45, 2.75) is 6.42 Å². The first-order chi connectivity index (χ1) is 5.70. The highest BCUT2D eigenvalue weighted by Gasteiger charge is 2.07. The summed E-state index contributed by atoms with van der Waals surface area (Å²) in [6.07, 6.45) is 0.341. The van der Waals surface area contributed by atoms with Gasteiger partial charge in [0.15, 0.2) is 0 Å². The van der Waals surface area contributed by atoms with Gasteiger partial charge in [0.05, 0.1) is 12.6 Å². The Labute approximate surface area is 71.4 Å². The molecule has 0 amide bonds. The Bertz CT molecular complexity index is 176. The van der Waals surface area contributed by atoms with Crippen LogP contribution in [0.4, 0.5) is 0 Å². The number of aliphatic carboxylic acids is 1. The van der Waals surface area contributed by atoms with Gasteiger partial charge in [0.25, 0.3) is 0 Å². The van der Waals surface area contributed by atoms with E-state index in [1.807, 2.05) is 6.07 Å². The molecule has 0 fully saturated rings. The third-order valence-electron chi connectivity index (χ3n) is 1.34. The zero-order valence-electron chi connectivity index (χ0n) is 6.86. The quantitative estimate of drug-likeness (QED) is 0.548. The van der Waals surface area contributed by atoms with Crippen LogP contribution in [-0.2, 0) is 4.79 Å². The lowest BCUT2D eigenvalue weighted by Crippen LogP contribution is -2.34. The molecule has 68 valence electrons. The maximum absolute atomic E-state index is 10.3. The van der Waals surface area contributed by atoms with Crippen molar-refractivity contribution < 1.29 is 9.90 Å². The molecule has 0 aromatic carbocycles. The molecule has 3 N–H and O–H groups in total. The number of carboxylic acid groups (broad SMARTS) is 1. The second kappa shape index (κ2) is 6.58. The molecule has 0 heterocycles. The number of carboxylic acids is 1. The molecule has 12 heavy (non-hydrogen) atoms. The smallest absolute Gasteiger partial charge is 0.317 e. The van der Waals surface area contributed by atoms with Crippen molar-refractivity contribution >= 4 is 5.97 Å². The molecule has 0 saturated carbocycles. The largest absolute Gasteiger partial charge is 0.480 e. The molecular formula is C7H13N3O2. The fourth-order valence-electron chi connectivity index (χ4n) is 0.852. The predicted octanol–water partition coefficient (Wildman–Crippen LogP) is -0.755. The highest BCUT2D eigenvalue weighted by atomic mass is 16.4. The van der Waals surface area contributed by atoms with Crippen molar-refractivity contribution in [3.63, 3.8) is 0 Å². The number of carbonyl (C=O) groups is 1. The SMILES string of the molecule is N#CCCN(CCN)CC(=O)O. The molecule has 0 saturated heterocycles. The van der Waals surface area contributed by atoms with Crippen molar-refractivity contribution in [3.05, 3.63) is 0 Å². The van der Waals surface area contributed by atoms with E-state index in [0.717, 1.165) is 0 Å². The van der Waals surface area contributed by atoms with Gasteiger partial charge in [0.1, 0.15) is 0 Å². The van der Waals surface area contributed by atoms with E-state index in [0.29, 0.717) is 26.1 Å². The van der Waals surface area contributed by atoms with Gasteiger partial charge in [-0.05, 0) is 0 Å². The van der Waals surface area contributed by atoms with E-state index in [2.05, 4.69) is 0 Å². The van der Waals surface area contributed by atoms with Crippen LogP contribution in [0.1, 0.15) is 6.42 Å². The molecule has 0 aliphatic heterocycles. The summed E-state index contributed by atoms with van der Waals surface area (Å²) >= 11 is 0. The normalized spacial score (nSPS) is 9.75. The molecule has 0 unspecified atom stereocenters. The summed E-state index contributed by atoms with van der Waals surface area (Å²) in [5, 5.41) is 16.7. The van der Waals surface area contributed by atoms with Crippen LogP contribution in [0.3, 0.4) is 0 Å². The molecule has 5 nitrogen and oxygen atoms in total. The fraction of sp³-hybridized carbons (Fsp3) is 0.714. The van der Waals surface area contributed by atoms with Crippen LogP contribution < -0.4 is 5.73 Å². The van der Waals surface area contributed by atoms with Crippen molar-refractivity contribution in [2.24, 2.45) is 5.73 Å². The Balaban J connectivity index is 3.70. The van der Waals surface area contributed by atoms with Crippen molar-refractivity contribution in [2.75, 3.05) is 26.2 Å². The standard InChI is InChI=1S/C7H13N3O2/c8-2-1-4-10(5-3-9)6-7(11)12/h1,3-6,9H2,(H,11,12). The number of rotatable bonds is 6. The second-order valence-corrected chi connectivity index (χ2v) is 2.37. The number of hydrogen-bond donors (Lipinski definition) is 2. The van der Waals surface area contributed by atoms with Crippen molar-refractivity contribution in [3.8, 4) is 6.07 Å². The van der Waals surface area contributed by atoms with E-state index >= 15 is 0 Å². The van der Waals surface area contributed by atoms with Crippen LogP contribution >= 0.6 is 0 Å². The third kappa shape index (κ3) is 5.65. The summed E-state index contributed by atoms with van der Waals surface area (Å²) in [6, 6.07) is 1.95. The van der Waals surface area contributed by atoms with Crippen LogP contribution in [0.25, 0.3) is 0 Å². The molecule has 0 rings (SSSR count). The minimum atomic E-state index is -0.888. The van der Waals surface area contributed by atoms with E-state index in [1.54, 1.807) is 4.90 Å². The van der Waals surface area contributed by atoms with Gasteiger partial charge in [0.2, 0.25) is 0 Å². The summed E-state index contributed by atoms with van der Waals surface area (Å²) in [5.74, 6) is -0.888. The fourth-order valence-corrected chi connectivity index (χ4v) is 0.852. The lowest BCUT2D eigenvalue weighted by molar-refractivity contribution is -0.138. The van der Waals surface area contributed by atoms with E-state index in [4.69, 9.17) is 16.1 Å². The Morgan fingerprint density at radius 2 is 2.25 bits per heavy atom. The summed E-state index contributed by atoms with van der Waals surface area (Å²) in [4.78, 5) is 11.9. The maximum atomic E-state index is 10.3. The van der Waals surface area contributed by atoms with Crippen molar-refractivity contribution in [1.82, 2.24) is 4.90 Å². The average molecular weight is 171 g/mol. The number of hydrogen-bond acceptors (Lipinski definition) is 4. The highest BCUT2D eigenvalue weighted by molar-refractivity contribution is 5.69. The van der Waals surface area contributed by atoms with Gasteiger partial charge >= 0.3 is 5.97 Å². The molecule has 0 aromatic heterocycles. The van der Waals surface area contributed by atoms with Gasteiger partial charge in [-0.25, -0.2) is 0 Å². The Kier molecular flexibility index (Phi) is 5.97. The summed E-state index contributed by atoms with van der Waals surface area (Å²) < 4.78 is 0. The molecule has 0 aromatic rings. The van der Waals surface area contributed by atoms with Crippen LogP contribution in [0.5, 0.6) is 0 Å². The van der Waals surface area contributed by atoms with Crippen LogP contribution in [-0.4, -0.2) is 42.2 Å². The zero-order valence-corrected chi connectivity index (χ0v) is 6.86. The molecule has 0 spiro atoms. The van der Waals surface area contributed by atoms with Gasteiger partial charge in [-0.3, -0.25) is 9.69 Å². The van der Waals surface area contributed by atoms with Crippen LogP contribution in [0, 0.1) is 11.3 Å². The maximum Gasteiger partial charge on any atom is 0.317 e. The van der Waals surface area contributed by atoms with Gasteiger partial charge in [0, 0.05) is 26.1 Å². The molecule has 0 aliphatic rings. The zero-order chi connectivity index (χ0) is 9.40. The number of nitrogens with zero attached hydrogens (tertiary/aromatic N) is 2. The van der Waals surface area contributed by atoms with Gasteiger partial charge in [-0.2, -0.15) is 5.26 Å². The van der Waals surface area contributed by atoms with Crippen LogP contribution in [0.2, 0.25) is 0 Å². The number of nitriles is 1. The van der Waals surface area contributed by atoms with Crippen molar-refractivity contribution in [1.29, 1.82) is 5.26 Å². The summed E-state index contributed by atoms with van der Waals surface area (Å²) in [5.41, 5.74) is 5.26. The van der Waals surface area contributed by atoms with E-state index in [-0.39, 0.29) is 6.54 Å². The average Bonchev–Trinajstić information content (AvgIpc) is 2.00. The van der Waals surface area contributed by atoms with E-state index in [9.17, 15) is 4.79 Å². The van der Waals surface area contributed by atoms with Gasteiger partial charge in [-0.15, -0.1) is 0 Å². The minimum Gasteiger partial charge on any atom is -0.480 e. The van der Waals surface area contributed by atoms with Gasteiger partial charge in [-0.1, -0.05) is 0 Å². The van der Waals surface area contributed by atoms with Crippen LogP contribution in [0.15, 0.2) is 0 Å². The lowest BCUT2D eigenvalue weighted by atomic mass is 10.4. The van der Waals surface area contributed by atoms with E-state index in [1.165, 1.54) is 0 Å². The summed E-state index contributed by atoms with van der Waals surface area (Å²) in [6.45, 7) is 1.37. The Morgan fingerprint density at radius 1 is 1.58 bits per heavy atom. The predicted molar refractivity (Wildman–Crippen MR) is 43.4 cm³/mol. The summed E-state index contributed by atoms with van der Waals surface area (Å²) in [7, 11) is 0. The third-order valence-corrected chi connectivity index (χ3v) is 1.34. The topological polar surface area (TPSA) is 90.4 Å². The Hall–Kier alpha value is -1.12. The molecule has 0 radical (unpaired) electrons. The number of nitrogens with two attached hydrogens (primary N) is 1. The highest BCUT2D eigenvalue weighted by Crippen LogP contribution is 1.89. The molecule has 0 aliphatic carbocycles. The molecular weight excluding hydrogens is 158 g/mol. The first-order valence-corrected chi connectivity index (χ1v) is 3.72. The van der Waals surface area contributed by atoms with Gasteiger partial charge < -0.3 is 10.8 Å². The Morgan fingerprint density at radius 3 is 2.67 bits per heavy atom. The monoisotopic (exact) mass is 171 g/mol. The first-order valence-electron chi connectivity index (χ1n) is 3.72. The molecule has 5 heteroatoms. The molecule has 0 atom stereocenters. The lowest BCUT2D eigenvalue weighted by Gasteiger charge is -2.16. The first kappa shape index (κ1) is 10.9. The van der Waals surface area contributed by atoms with E-state index < -0.39 is 5.97 Å². The minimum absolute atomic E-state index is 0.0428. The molecule has 0 bridgehead atoms.